The van der Waals surface area contributed by atoms with E-state index in [0.717, 1.165) is 32.1 Å². The Labute approximate surface area is 353 Å². The van der Waals surface area contributed by atoms with Crippen LogP contribution in [0.5, 0.6) is 0 Å². The molecule has 3 atom stereocenters. The van der Waals surface area contributed by atoms with Crippen molar-refractivity contribution in [2.75, 3.05) is 19.8 Å². The second-order valence-corrected chi connectivity index (χ2v) is 17.0. The number of esters is 2. The molecule has 11 nitrogen and oxygen atoms in total. The van der Waals surface area contributed by atoms with Gasteiger partial charge < -0.3 is 25.2 Å². The van der Waals surface area contributed by atoms with Gasteiger partial charge in [-0.15, -0.1) is 0 Å². The van der Waals surface area contributed by atoms with Gasteiger partial charge in [-0.3, -0.25) is 23.4 Å². The number of rotatable bonds is 43. The van der Waals surface area contributed by atoms with Crippen molar-refractivity contribution in [2.24, 2.45) is 5.73 Å². The van der Waals surface area contributed by atoms with Crippen LogP contribution in [0.3, 0.4) is 0 Å². The molecule has 0 rings (SSSR count). The number of ether oxygens (including phenoxy) is 2. The number of phosphoric acid groups is 1. The van der Waals surface area contributed by atoms with Gasteiger partial charge in [0.1, 0.15) is 12.6 Å². The van der Waals surface area contributed by atoms with Crippen molar-refractivity contribution in [3.8, 4) is 0 Å². The Hall–Kier alpha value is -2.30. The predicted molar refractivity (Wildman–Crippen MR) is 235 cm³/mol. The molecule has 0 bridgehead atoms. The van der Waals surface area contributed by atoms with Crippen LogP contribution in [0.25, 0.3) is 0 Å². The van der Waals surface area contributed by atoms with Gasteiger partial charge in [-0.05, 0) is 64.2 Å². The fourth-order valence-corrected chi connectivity index (χ4v) is 7.00. The quantitative estimate of drug-likeness (QED) is 0.0231. The van der Waals surface area contributed by atoms with Crippen LogP contribution in [-0.2, 0) is 37.5 Å². The number of carboxylic acid groups (broad SMARTS) is 1. The molecule has 0 aromatic heterocycles. The molecule has 4 N–H and O–H groups in total. The van der Waals surface area contributed by atoms with Crippen LogP contribution in [0.4, 0.5) is 0 Å². The summed E-state index contributed by atoms with van der Waals surface area (Å²) in [5.74, 6) is -2.43. The molecule has 0 amide bonds. The Balaban J connectivity index is 4.38. The lowest BCUT2D eigenvalue weighted by Gasteiger charge is -2.20. The number of phosphoric ester groups is 1. The Morgan fingerprint density at radius 3 is 1.43 bits per heavy atom. The Morgan fingerprint density at radius 1 is 0.534 bits per heavy atom. The number of nitrogens with two attached hydrogens (primary N) is 1. The third-order valence-electron chi connectivity index (χ3n) is 9.86. The van der Waals surface area contributed by atoms with Crippen molar-refractivity contribution in [3.05, 3.63) is 36.5 Å². The fraction of sp³-hybridized carbons (Fsp3) is 0.804. The molecule has 0 aliphatic heterocycles. The predicted octanol–water partition coefficient (Wildman–Crippen LogP) is 12.4. The lowest BCUT2D eigenvalue weighted by atomic mass is 10.1. The average molecular weight is 842 g/mol. The van der Waals surface area contributed by atoms with Gasteiger partial charge in [0.2, 0.25) is 0 Å². The van der Waals surface area contributed by atoms with Crippen molar-refractivity contribution in [1.82, 2.24) is 0 Å². The highest BCUT2D eigenvalue weighted by Crippen LogP contribution is 2.43. The zero-order valence-electron chi connectivity index (χ0n) is 36.6. The van der Waals surface area contributed by atoms with Gasteiger partial charge in [0.25, 0.3) is 0 Å². The van der Waals surface area contributed by atoms with Gasteiger partial charge in [-0.25, -0.2) is 4.57 Å². The summed E-state index contributed by atoms with van der Waals surface area (Å²) in [6.45, 7) is 2.76. The molecule has 12 heteroatoms. The number of carbonyl (C=O) groups is 3. The van der Waals surface area contributed by atoms with Crippen molar-refractivity contribution >= 4 is 25.7 Å². The smallest absolute Gasteiger partial charge is 0.472 e. The molecule has 338 valence electrons. The maximum Gasteiger partial charge on any atom is 0.472 e. The second-order valence-electron chi connectivity index (χ2n) is 15.5. The van der Waals surface area contributed by atoms with E-state index in [0.29, 0.717) is 19.3 Å². The third kappa shape index (κ3) is 40.5. The van der Waals surface area contributed by atoms with E-state index in [1.54, 1.807) is 0 Å². The summed E-state index contributed by atoms with van der Waals surface area (Å²) >= 11 is 0. The zero-order chi connectivity index (χ0) is 42.8. The van der Waals surface area contributed by atoms with Crippen molar-refractivity contribution in [1.29, 1.82) is 0 Å². The number of carbonyl (C=O) groups excluding carboxylic acids is 2. The summed E-state index contributed by atoms with van der Waals surface area (Å²) in [6.07, 6.45) is 45.0. The average Bonchev–Trinajstić information content (AvgIpc) is 3.20. The molecule has 0 radical (unpaired) electrons. The number of aliphatic carboxylic acids is 1. The van der Waals surface area contributed by atoms with Crippen LogP contribution >= 0.6 is 7.82 Å². The van der Waals surface area contributed by atoms with E-state index in [-0.39, 0.29) is 19.4 Å². The lowest BCUT2D eigenvalue weighted by Crippen LogP contribution is -2.34. The first-order chi connectivity index (χ1) is 28.1. The third-order valence-corrected chi connectivity index (χ3v) is 10.8. The Bertz CT molecular complexity index is 1130. The summed E-state index contributed by atoms with van der Waals surface area (Å²) < 4.78 is 32.7. The SMILES string of the molecule is CCCCCC/C=C/CCCCCCCCCCCC(=O)OC[C@H](COP(=O)(O)OC[C@H](N)C(=O)O)OC(=O)CCC/C=C/C/C=C/CCCCCCCCCCC. The Morgan fingerprint density at radius 2 is 0.931 bits per heavy atom. The number of carboxylic acids is 1. The largest absolute Gasteiger partial charge is 0.480 e. The molecule has 0 heterocycles. The molecular weight excluding hydrogens is 757 g/mol. The van der Waals surface area contributed by atoms with Crippen LogP contribution in [0.2, 0.25) is 0 Å². The molecule has 0 fully saturated rings. The van der Waals surface area contributed by atoms with E-state index in [4.69, 9.17) is 24.8 Å². The summed E-state index contributed by atoms with van der Waals surface area (Å²) in [5.41, 5.74) is 5.33. The van der Waals surface area contributed by atoms with Crippen LogP contribution < -0.4 is 5.73 Å². The van der Waals surface area contributed by atoms with Gasteiger partial charge in [0, 0.05) is 12.8 Å². The Kier molecular flexibility index (Phi) is 39.8. The first-order valence-electron chi connectivity index (χ1n) is 23.0. The van der Waals surface area contributed by atoms with Gasteiger partial charge in [-0.1, -0.05) is 166 Å². The minimum Gasteiger partial charge on any atom is -0.480 e. The van der Waals surface area contributed by atoms with E-state index >= 15 is 0 Å². The van der Waals surface area contributed by atoms with E-state index in [2.05, 4.69) is 48.8 Å². The maximum absolute atomic E-state index is 12.6. The topological polar surface area (TPSA) is 172 Å². The summed E-state index contributed by atoms with van der Waals surface area (Å²) in [7, 11) is -4.73. The minimum absolute atomic E-state index is 0.0978. The van der Waals surface area contributed by atoms with Crippen molar-refractivity contribution in [3.63, 3.8) is 0 Å². The second kappa shape index (κ2) is 41.4. The zero-order valence-corrected chi connectivity index (χ0v) is 37.5. The molecule has 0 saturated carbocycles. The van der Waals surface area contributed by atoms with Crippen LogP contribution in [0.1, 0.15) is 206 Å². The normalized spacial score (nSPS) is 14.0. The van der Waals surface area contributed by atoms with Gasteiger partial charge in [-0.2, -0.15) is 0 Å². The lowest BCUT2D eigenvalue weighted by molar-refractivity contribution is -0.161. The maximum atomic E-state index is 12.6. The standard InChI is InChI=1S/C46H84NO10P/c1-3-5-7-9-11-13-15-17-19-21-23-25-27-29-31-33-35-37-44(48)54-39-42(40-55-58(52,53)56-41-43(47)46(50)51)57-45(49)38-36-34-32-30-28-26-24-22-20-18-16-14-12-10-8-6-4-2/h13,15,24,26,30,32,42-43H,3-12,14,16-23,25,27-29,31,33-41,47H2,1-2H3,(H,50,51)(H,52,53)/b15-13+,26-24+,32-30+/t42-,43+/m1/s1. The number of hydrogen-bond donors (Lipinski definition) is 3. The van der Waals surface area contributed by atoms with Gasteiger partial charge >= 0.3 is 25.7 Å². The van der Waals surface area contributed by atoms with E-state index in [1.165, 1.54) is 128 Å². The highest BCUT2D eigenvalue weighted by atomic mass is 31.2. The van der Waals surface area contributed by atoms with E-state index < -0.39 is 51.1 Å². The van der Waals surface area contributed by atoms with Crippen LogP contribution in [-0.4, -0.2) is 59.9 Å². The van der Waals surface area contributed by atoms with E-state index in [1.807, 2.05) is 6.08 Å². The first-order valence-corrected chi connectivity index (χ1v) is 24.5. The molecule has 0 saturated heterocycles. The highest BCUT2D eigenvalue weighted by Gasteiger charge is 2.28. The van der Waals surface area contributed by atoms with Gasteiger partial charge in [0.05, 0.1) is 13.2 Å². The molecule has 1 unspecified atom stereocenters. The number of hydrogen-bond acceptors (Lipinski definition) is 9. The molecule has 58 heavy (non-hydrogen) atoms. The number of allylic oxidation sites excluding steroid dienone is 6. The van der Waals surface area contributed by atoms with Crippen LogP contribution in [0.15, 0.2) is 36.5 Å². The van der Waals surface area contributed by atoms with E-state index in [9.17, 15) is 23.8 Å². The molecule has 0 aliphatic carbocycles. The summed E-state index contributed by atoms with van der Waals surface area (Å²) in [5, 5.41) is 8.89. The number of unbranched alkanes of at least 4 members (excludes halogenated alkanes) is 23. The van der Waals surface area contributed by atoms with Crippen LogP contribution in [0, 0.1) is 0 Å². The first kappa shape index (κ1) is 55.7. The highest BCUT2D eigenvalue weighted by molar-refractivity contribution is 7.47. The van der Waals surface area contributed by atoms with Crippen molar-refractivity contribution < 1.29 is 47.5 Å². The summed E-state index contributed by atoms with van der Waals surface area (Å²) in [6, 6.07) is -1.53. The molecule has 0 aromatic carbocycles. The van der Waals surface area contributed by atoms with Gasteiger partial charge in [0.15, 0.2) is 6.10 Å². The minimum atomic E-state index is -4.73. The fourth-order valence-electron chi connectivity index (χ4n) is 6.22. The molecule has 0 aliphatic rings. The molecule has 0 spiro atoms. The summed E-state index contributed by atoms with van der Waals surface area (Å²) in [4.78, 5) is 46.0. The molecule has 0 aromatic rings. The monoisotopic (exact) mass is 842 g/mol. The molecular formula is C46H84NO10P. The van der Waals surface area contributed by atoms with Crippen molar-refractivity contribution in [2.45, 2.75) is 219 Å².